The number of nitriles is 1. The number of methoxy groups -OCH3 is 1. The Morgan fingerprint density at radius 3 is 2.54 bits per heavy atom. The molecule has 6 nitrogen and oxygen atoms in total. The molecular weight excluding hydrogens is 176 g/mol. The summed E-state index contributed by atoms with van der Waals surface area (Å²) in [5, 5.41) is 16.8. The average molecular weight is 186 g/mol. The van der Waals surface area contributed by atoms with E-state index in [0.717, 1.165) is 7.11 Å². The van der Waals surface area contributed by atoms with E-state index in [9.17, 15) is 9.59 Å². The van der Waals surface area contributed by atoms with Crippen LogP contribution in [0, 0.1) is 11.3 Å². The van der Waals surface area contributed by atoms with Crippen LogP contribution in [0.25, 0.3) is 0 Å². The molecule has 0 rings (SSSR count). The molecule has 6 heteroatoms. The van der Waals surface area contributed by atoms with Gasteiger partial charge in [-0.05, 0) is 6.42 Å². The number of hydrogen-bond acceptors (Lipinski definition) is 5. The van der Waals surface area contributed by atoms with Gasteiger partial charge in [0.25, 0.3) is 0 Å². The van der Waals surface area contributed by atoms with E-state index in [1.54, 1.807) is 6.07 Å². The molecule has 3 N–H and O–H groups in total. The maximum absolute atomic E-state index is 10.9. The summed E-state index contributed by atoms with van der Waals surface area (Å²) in [4.78, 5) is 21.5. The number of aliphatic carboxylic acids is 1. The topological polar surface area (TPSA) is 113 Å². The highest BCUT2D eigenvalue weighted by Crippen LogP contribution is 2.11. The molecule has 0 radical (unpaired) electrons. The number of esters is 1. The second-order valence-corrected chi connectivity index (χ2v) is 2.43. The predicted octanol–water partition coefficient (Wildman–Crippen LogP) is -0.755. The predicted molar refractivity (Wildman–Crippen MR) is 41.4 cm³/mol. The summed E-state index contributed by atoms with van der Waals surface area (Å²) < 4.78 is 4.22. The van der Waals surface area contributed by atoms with Gasteiger partial charge < -0.3 is 15.6 Å². The van der Waals surface area contributed by atoms with Crippen molar-refractivity contribution >= 4 is 11.9 Å². The van der Waals surface area contributed by atoms with Gasteiger partial charge in [-0.3, -0.25) is 0 Å². The number of hydrogen-bond donors (Lipinski definition) is 2. The zero-order valence-corrected chi connectivity index (χ0v) is 7.11. The molecule has 0 heterocycles. The van der Waals surface area contributed by atoms with Crippen LogP contribution in [0.5, 0.6) is 0 Å². The molecule has 0 aromatic rings. The summed E-state index contributed by atoms with van der Waals surface area (Å²) in [5.74, 6) is -2.54. The Morgan fingerprint density at radius 2 is 2.23 bits per heavy atom. The number of carbonyl (C=O) groups excluding carboxylic acids is 1. The summed E-state index contributed by atoms with van der Waals surface area (Å²) in [6.45, 7) is 0. The third-order valence-corrected chi connectivity index (χ3v) is 1.56. The monoisotopic (exact) mass is 186 g/mol. The van der Waals surface area contributed by atoms with Crippen molar-refractivity contribution in [1.29, 1.82) is 5.26 Å². The molecule has 0 aliphatic carbocycles. The molecule has 0 aromatic carbocycles. The summed E-state index contributed by atoms with van der Waals surface area (Å²) in [7, 11) is 1.04. The van der Waals surface area contributed by atoms with Crippen LogP contribution in [0.4, 0.5) is 0 Å². The quantitative estimate of drug-likeness (QED) is 0.441. The van der Waals surface area contributed by atoms with Gasteiger partial charge in [-0.25, -0.2) is 9.59 Å². The molecule has 0 aliphatic heterocycles. The van der Waals surface area contributed by atoms with Gasteiger partial charge >= 0.3 is 11.9 Å². The van der Waals surface area contributed by atoms with Crippen molar-refractivity contribution < 1.29 is 19.4 Å². The summed E-state index contributed by atoms with van der Waals surface area (Å²) in [6, 6.07) is 1.71. The SMILES string of the molecule is COC(=O)[C@](N)(CCC#N)C(=O)O. The minimum Gasteiger partial charge on any atom is -0.479 e. The highest BCUT2D eigenvalue weighted by molar-refractivity contribution is 6.03. The van der Waals surface area contributed by atoms with Crippen LogP contribution in [0.15, 0.2) is 0 Å². The maximum atomic E-state index is 10.9. The van der Waals surface area contributed by atoms with Crippen LogP contribution in [0.2, 0.25) is 0 Å². The van der Waals surface area contributed by atoms with E-state index >= 15 is 0 Å². The smallest absolute Gasteiger partial charge is 0.337 e. The molecule has 0 aliphatic rings. The lowest BCUT2D eigenvalue weighted by Crippen LogP contribution is -2.55. The molecule has 13 heavy (non-hydrogen) atoms. The first-order valence-electron chi connectivity index (χ1n) is 3.46. The summed E-state index contributed by atoms with van der Waals surface area (Å²) in [6.07, 6.45) is -0.372. The average Bonchev–Trinajstić information content (AvgIpc) is 2.12. The van der Waals surface area contributed by atoms with Gasteiger partial charge in [0.05, 0.1) is 13.2 Å². The number of rotatable bonds is 4. The fourth-order valence-electron chi connectivity index (χ4n) is 0.732. The molecule has 0 saturated heterocycles. The van der Waals surface area contributed by atoms with Crippen molar-refractivity contribution in [3.63, 3.8) is 0 Å². The Bertz CT molecular complexity index is 258. The van der Waals surface area contributed by atoms with E-state index in [0.29, 0.717) is 0 Å². The lowest BCUT2D eigenvalue weighted by Gasteiger charge is -2.19. The second kappa shape index (κ2) is 4.42. The fraction of sp³-hybridized carbons (Fsp3) is 0.571. The number of carbonyl (C=O) groups is 2. The van der Waals surface area contributed by atoms with E-state index < -0.39 is 17.5 Å². The summed E-state index contributed by atoms with van der Waals surface area (Å²) >= 11 is 0. The number of nitrogens with two attached hydrogens (primary N) is 1. The zero-order valence-electron chi connectivity index (χ0n) is 7.11. The molecule has 0 fully saturated rings. The second-order valence-electron chi connectivity index (χ2n) is 2.43. The fourth-order valence-corrected chi connectivity index (χ4v) is 0.732. The van der Waals surface area contributed by atoms with E-state index in [4.69, 9.17) is 16.1 Å². The number of carboxylic acids is 1. The molecule has 72 valence electrons. The van der Waals surface area contributed by atoms with E-state index in [1.165, 1.54) is 0 Å². The minimum atomic E-state index is -2.11. The van der Waals surface area contributed by atoms with Gasteiger partial charge in [-0.15, -0.1) is 0 Å². The normalized spacial score (nSPS) is 13.9. The van der Waals surface area contributed by atoms with Crippen LogP contribution in [0.1, 0.15) is 12.8 Å². The van der Waals surface area contributed by atoms with Crippen LogP contribution < -0.4 is 5.73 Å². The molecule has 0 bridgehead atoms. The highest BCUT2D eigenvalue weighted by Gasteiger charge is 2.43. The highest BCUT2D eigenvalue weighted by atomic mass is 16.5. The van der Waals surface area contributed by atoms with Crippen molar-refractivity contribution in [3.05, 3.63) is 0 Å². The lowest BCUT2D eigenvalue weighted by molar-refractivity contribution is -0.159. The molecule has 0 unspecified atom stereocenters. The Kier molecular flexibility index (Phi) is 3.88. The Labute approximate surface area is 74.9 Å². The Hall–Kier alpha value is -1.61. The first kappa shape index (κ1) is 11.4. The van der Waals surface area contributed by atoms with Crippen molar-refractivity contribution in [2.45, 2.75) is 18.4 Å². The molecular formula is C7H10N2O4. The minimum absolute atomic E-state index is 0.113. The third kappa shape index (κ3) is 2.42. The van der Waals surface area contributed by atoms with E-state index in [2.05, 4.69) is 4.74 Å². The molecule has 0 saturated carbocycles. The largest absolute Gasteiger partial charge is 0.479 e. The Balaban J connectivity index is 4.64. The van der Waals surface area contributed by atoms with Gasteiger partial charge in [0.1, 0.15) is 0 Å². The lowest BCUT2D eigenvalue weighted by atomic mass is 9.95. The van der Waals surface area contributed by atoms with Crippen molar-refractivity contribution in [2.24, 2.45) is 5.73 Å². The third-order valence-electron chi connectivity index (χ3n) is 1.56. The molecule has 0 spiro atoms. The van der Waals surface area contributed by atoms with Gasteiger partial charge in [0, 0.05) is 6.42 Å². The molecule has 1 atom stereocenters. The maximum Gasteiger partial charge on any atom is 0.337 e. The van der Waals surface area contributed by atoms with Crippen LogP contribution >= 0.6 is 0 Å². The van der Waals surface area contributed by atoms with Crippen LogP contribution in [-0.4, -0.2) is 29.7 Å². The standard InChI is InChI=1S/C7H10N2O4/c1-13-6(12)7(9,5(10)11)3-2-4-8/h2-3,9H2,1H3,(H,10,11)/t7-/m0/s1. The number of ether oxygens (including phenoxy) is 1. The van der Waals surface area contributed by atoms with Crippen LogP contribution in [0.3, 0.4) is 0 Å². The molecule has 0 amide bonds. The van der Waals surface area contributed by atoms with Crippen molar-refractivity contribution in [3.8, 4) is 6.07 Å². The van der Waals surface area contributed by atoms with Gasteiger partial charge in [0.15, 0.2) is 0 Å². The van der Waals surface area contributed by atoms with E-state index in [1.807, 2.05) is 0 Å². The first-order chi connectivity index (χ1) is 5.99. The summed E-state index contributed by atoms with van der Waals surface area (Å²) in [5.41, 5.74) is 3.15. The van der Waals surface area contributed by atoms with Gasteiger partial charge in [-0.1, -0.05) is 0 Å². The van der Waals surface area contributed by atoms with Crippen molar-refractivity contribution in [2.75, 3.05) is 7.11 Å². The number of nitrogens with zero attached hydrogens (tertiary/aromatic N) is 1. The molecule has 0 aromatic heterocycles. The van der Waals surface area contributed by atoms with Crippen molar-refractivity contribution in [1.82, 2.24) is 0 Å². The first-order valence-corrected chi connectivity index (χ1v) is 3.46. The van der Waals surface area contributed by atoms with E-state index in [-0.39, 0.29) is 12.8 Å². The van der Waals surface area contributed by atoms with Crippen LogP contribution in [-0.2, 0) is 14.3 Å². The zero-order chi connectivity index (χ0) is 10.5. The van der Waals surface area contributed by atoms with Gasteiger partial charge in [-0.2, -0.15) is 5.26 Å². The van der Waals surface area contributed by atoms with Gasteiger partial charge in [0.2, 0.25) is 5.54 Å². The number of carboxylic acid groups (broad SMARTS) is 1. The Morgan fingerprint density at radius 1 is 1.69 bits per heavy atom.